The second kappa shape index (κ2) is 8.43. The van der Waals surface area contributed by atoms with Crippen LogP contribution < -0.4 is 5.32 Å². The number of hydrogen-bond donors (Lipinski definition) is 1. The smallest absolute Gasteiger partial charge is 0.259 e. The number of allylic oxidation sites excluding steroid dienone is 3. The second-order valence-electron chi connectivity index (χ2n) is 5.31. The molecule has 2 heterocycles. The predicted molar refractivity (Wildman–Crippen MR) is 94.3 cm³/mol. The van der Waals surface area contributed by atoms with Gasteiger partial charge in [0.05, 0.1) is 11.9 Å². The molecule has 1 fully saturated rings. The third-order valence-corrected chi connectivity index (χ3v) is 3.68. The summed E-state index contributed by atoms with van der Waals surface area (Å²) in [5.74, 6) is -0.763. The van der Waals surface area contributed by atoms with E-state index in [-0.39, 0.29) is 17.9 Å². The van der Waals surface area contributed by atoms with Crippen LogP contribution in [0.1, 0.15) is 40.5 Å². The van der Waals surface area contributed by atoms with Gasteiger partial charge in [-0.25, -0.2) is 4.39 Å². The lowest BCUT2D eigenvalue weighted by molar-refractivity contribution is -0.128. The van der Waals surface area contributed by atoms with E-state index in [4.69, 9.17) is 0 Å². The first kappa shape index (κ1) is 19.6. The van der Waals surface area contributed by atoms with Crippen molar-refractivity contribution in [2.24, 2.45) is 0 Å². The number of halogens is 1. The molecule has 1 atom stereocenters. The van der Waals surface area contributed by atoms with Crippen LogP contribution in [0.15, 0.2) is 59.8 Å². The van der Waals surface area contributed by atoms with Gasteiger partial charge in [0.25, 0.3) is 5.91 Å². The van der Waals surface area contributed by atoms with Gasteiger partial charge >= 0.3 is 0 Å². The van der Waals surface area contributed by atoms with Gasteiger partial charge in [-0.15, -0.1) is 0 Å². The summed E-state index contributed by atoms with van der Waals surface area (Å²) < 4.78 is 13.3. The van der Waals surface area contributed by atoms with E-state index in [2.05, 4.69) is 18.5 Å². The van der Waals surface area contributed by atoms with Gasteiger partial charge in [-0.05, 0) is 26.3 Å². The molecule has 5 heteroatoms. The lowest BCUT2D eigenvalue weighted by Gasteiger charge is -2.33. The van der Waals surface area contributed by atoms with E-state index in [1.807, 2.05) is 13.8 Å². The average Bonchev–Trinajstić information content (AvgIpc) is 2.74. The Kier molecular flexibility index (Phi) is 6.89. The summed E-state index contributed by atoms with van der Waals surface area (Å²) in [4.78, 5) is 25.6. The number of hydrogen-bond acceptors (Lipinski definition) is 2. The Morgan fingerprint density at radius 1 is 1.29 bits per heavy atom. The quantitative estimate of drug-likeness (QED) is 0.852. The Morgan fingerprint density at radius 2 is 1.92 bits per heavy atom. The lowest BCUT2D eigenvalue weighted by Crippen LogP contribution is -2.46. The van der Waals surface area contributed by atoms with Crippen LogP contribution in [0.3, 0.4) is 0 Å². The molecule has 1 saturated heterocycles. The largest absolute Gasteiger partial charge is 0.328 e. The van der Waals surface area contributed by atoms with Crippen LogP contribution in [0.5, 0.6) is 0 Å². The number of rotatable bonds is 3. The number of carbonyl (C=O) groups is 2. The fraction of sp³-hybridized carbons (Fsp3) is 0.368. The number of amides is 2. The summed E-state index contributed by atoms with van der Waals surface area (Å²) in [7, 11) is 0. The molecule has 1 N–H and O–H groups in total. The van der Waals surface area contributed by atoms with Crippen LogP contribution >= 0.6 is 0 Å². The Morgan fingerprint density at radius 3 is 2.42 bits per heavy atom. The number of nitrogens with zero attached hydrogens (tertiary/aromatic N) is 1. The van der Waals surface area contributed by atoms with Crippen molar-refractivity contribution in [2.45, 2.75) is 46.6 Å². The van der Waals surface area contributed by atoms with E-state index in [0.29, 0.717) is 35.4 Å². The molecule has 24 heavy (non-hydrogen) atoms. The van der Waals surface area contributed by atoms with E-state index in [1.165, 1.54) is 17.9 Å². The molecule has 0 aromatic rings. The third-order valence-electron chi connectivity index (χ3n) is 3.68. The molecule has 0 spiro atoms. The zero-order valence-electron chi connectivity index (χ0n) is 14.8. The van der Waals surface area contributed by atoms with Crippen molar-refractivity contribution < 1.29 is 14.0 Å². The van der Waals surface area contributed by atoms with E-state index in [0.717, 1.165) is 0 Å². The molecule has 130 valence electrons. The van der Waals surface area contributed by atoms with Crippen molar-refractivity contribution in [2.75, 3.05) is 0 Å². The number of piperidine rings is 1. The predicted octanol–water partition coefficient (Wildman–Crippen LogP) is 3.91. The highest BCUT2D eigenvalue weighted by Crippen LogP contribution is 2.35. The van der Waals surface area contributed by atoms with E-state index >= 15 is 0 Å². The summed E-state index contributed by atoms with van der Waals surface area (Å²) >= 11 is 0. The zero-order valence-corrected chi connectivity index (χ0v) is 14.8. The van der Waals surface area contributed by atoms with Gasteiger partial charge in [-0.2, -0.15) is 0 Å². The molecule has 2 aliphatic rings. The Bertz CT molecular complexity index is 652. The maximum atomic E-state index is 13.3. The van der Waals surface area contributed by atoms with Crippen LogP contribution in [0.2, 0.25) is 0 Å². The minimum atomic E-state index is -0.399. The van der Waals surface area contributed by atoms with Gasteiger partial charge in [0.2, 0.25) is 5.91 Å². The summed E-state index contributed by atoms with van der Waals surface area (Å²) in [5.41, 5.74) is 1.76. The van der Waals surface area contributed by atoms with Crippen molar-refractivity contribution in [3.05, 3.63) is 59.8 Å². The van der Waals surface area contributed by atoms with Crippen LogP contribution in [-0.2, 0) is 9.59 Å². The Balaban J connectivity index is 0.00000139. The topological polar surface area (TPSA) is 49.4 Å². The fourth-order valence-corrected chi connectivity index (χ4v) is 2.72. The van der Waals surface area contributed by atoms with Crippen LogP contribution in [0, 0.1) is 0 Å². The SMILES string of the molecule is C=C1NC(=O)CCC1N1C(=C)C(/C=C(\C)F)=C(/C=C\C)C1=O.CC. The van der Waals surface area contributed by atoms with Crippen molar-refractivity contribution >= 4 is 11.8 Å². The van der Waals surface area contributed by atoms with Crippen LogP contribution in [-0.4, -0.2) is 22.8 Å². The minimum absolute atomic E-state index is 0.111. The van der Waals surface area contributed by atoms with Gasteiger partial charge in [-0.1, -0.05) is 39.2 Å². The average molecular weight is 332 g/mol. The molecular formula is C19H25FN2O2. The summed E-state index contributed by atoms with van der Waals surface area (Å²) in [6.45, 7) is 14.9. The lowest BCUT2D eigenvalue weighted by atomic mass is 10.0. The van der Waals surface area contributed by atoms with Crippen molar-refractivity contribution in [3.63, 3.8) is 0 Å². The standard InChI is InChI=1S/C17H19FN2O2.C2H6/c1-5-6-13-14(9-10(2)18)12(4)20(17(13)22)15-7-8-16(21)19-11(15)3;1-2/h5-6,9,15H,3-4,7-8H2,1-2H3,(H,19,21);1-2H3/b6-5-,10-9+;. The van der Waals surface area contributed by atoms with Crippen LogP contribution in [0.4, 0.5) is 4.39 Å². The molecule has 0 radical (unpaired) electrons. The first-order valence-corrected chi connectivity index (χ1v) is 8.09. The molecule has 0 aromatic carbocycles. The van der Waals surface area contributed by atoms with E-state index < -0.39 is 5.83 Å². The van der Waals surface area contributed by atoms with Crippen molar-refractivity contribution in [3.8, 4) is 0 Å². The first-order valence-electron chi connectivity index (χ1n) is 8.09. The highest BCUT2D eigenvalue weighted by Gasteiger charge is 2.39. The Hall–Kier alpha value is -2.43. The van der Waals surface area contributed by atoms with Gasteiger partial charge < -0.3 is 5.32 Å². The van der Waals surface area contributed by atoms with Gasteiger partial charge in [-0.3, -0.25) is 14.5 Å². The summed E-state index contributed by atoms with van der Waals surface area (Å²) in [5, 5.41) is 2.66. The molecule has 2 rings (SSSR count). The first-order chi connectivity index (χ1) is 11.4. The van der Waals surface area contributed by atoms with E-state index in [1.54, 1.807) is 19.1 Å². The molecular weight excluding hydrogens is 307 g/mol. The highest BCUT2D eigenvalue weighted by molar-refractivity contribution is 6.04. The second-order valence-corrected chi connectivity index (χ2v) is 5.31. The molecule has 1 unspecified atom stereocenters. The molecule has 0 aliphatic carbocycles. The fourth-order valence-electron chi connectivity index (χ4n) is 2.72. The maximum Gasteiger partial charge on any atom is 0.259 e. The molecule has 2 aliphatic heterocycles. The third kappa shape index (κ3) is 3.91. The van der Waals surface area contributed by atoms with Gasteiger partial charge in [0.15, 0.2) is 0 Å². The van der Waals surface area contributed by atoms with Crippen molar-refractivity contribution in [1.82, 2.24) is 10.2 Å². The number of carbonyl (C=O) groups excluding carboxylic acids is 2. The monoisotopic (exact) mass is 332 g/mol. The summed E-state index contributed by atoms with van der Waals surface area (Å²) in [6.07, 6.45) is 5.46. The normalized spacial score (nSPS) is 22.1. The highest BCUT2D eigenvalue weighted by atomic mass is 19.1. The summed E-state index contributed by atoms with van der Waals surface area (Å²) in [6, 6.07) is -0.358. The Labute approximate surface area is 143 Å². The minimum Gasteiger partial charge on any atom is -0.328 e. The number of nitrogens with one attached hydrogen (secondary N) is 1. The molecule has 0 bridgehead atoms. The van der Waals surface area contributed by atoms with Crippen molar-refractivity contribution in [1.29, 1.82) is 0 Å². The molecule has 0 saturated carbocycles. The zero-order chi connectivity index (χ0) is 18.4. The molecule has 0 aromatic heterocycles. The van der Waals surface area contributed by atoms with Gasteiger partial charge in [0.1, 0.15) is 0 Å². The molecule has 4 nitrogen and oxygen atoms in total. The maximum absolute atomic E-state index is 13.3. The van der Waals surface area contributed by atoms with Crippen LogP contribution in [0.25, 0.3) is 0 Å². The van der Waals surface area contributed by atoms with Gasteiger partial charge in [0, 0.05) is 29.0 Å². The van der Waals surface area contributed by atoms with E-state index in [9.17, 15) is 14.0 Å². The molecule has 2 amide bonds.